The number of rotatable bonds is 9. The number of pyridine rings is 1. The van der Waals surface area contributed by atoms with Crippen molar-refractivity contribution < 1.29 is 4.57 Å². The van der Waals surface area contributed by atoms with Gasteiger partial charge in [0.05, 0.1) is 5.75 Å². The molecule has 0 aliphatic heterocycles. The molecule has 0 N–H and O–H groups in total. The molecule has 20 heavy (non-hydrogen) atoms. The van der Waals surface area contributed by atoms with E-state index in [9.17, 15) is 0 Å². The molecule has 0 fully saturated rings. The molecule has 0 saturated carbocycles. The lowest BCUT2D eigenvalue weighted by molar-refractivity contribution is -0.692. The highest BCUT2D eigenvalue weighted by Gasteiger charge is 1.99. The second-order valence-corrected chi connectivity index (χ2v) is 7.13. The van der Waals surface area contributed by atoms with Crippen molar-refractivity contribution in [1.82, 2.24) is 0 Å². The Bertz CT molecular complexity index is 450. The van der Waals surface area contributed by atoms with Gasteiger partial charge in [-0.1, -0.05) is 39.8 Å². The van der Waals surface area contributed by atoms with Gasteiger partial charge in [0.25, 0.3) is 0 Å². The molecule has 0 unspecified atom stereocenters. The second kappa shape index (κ2) is 10.7. The molecule has 108 valence electrons. The number of allylic oxidation sites excluding steroid dienone is 3. The topological polar surface area (TPSA) is 16.2 Å². The van der Waals surface area contributed by atoms with Crippen LogP contribution in [0.4, 0.5) is 0 Å². The van der Waals surface area contributed by atoms with Crippen molar-refractivity contribution in [2.45, 2.75) is 20.4 Å². The molecular weight excluding hydrogens is 284 g/mol. The zero-order valence-electron chi connectivity index (χ0n) is 12.3. The first-order valence-corrected chi connectivity index (χ1v) is 9.20. The van der Waals surface area contributed by atoms with Crippen LogP contribution in [0.25, 0.3) is 0 Å². The number of aryl methyl sites for hydroxylation is 2. The van der Waals surface area contributed by atoms with E-state index in [1.165, 1.54) is 5.56 Å². The average Bonchev–Trinajstić information content (AvgIpc) is 2.47. The Balaban J connectivity index is 2.02. The standard InChI is InChI=1S/C16H23N2S2/c1-4-15(2)5-8-17-9-13-19-20-14-12-18-10-6-16(3)7-11-18/h4-8,10-11H,1,9,12-14H2,2-3H3/q+1/b15-5-,17-8+. The zero-order chi connectivity index (χ0) is 14.6. The third-order valence-corrected chi connectivity index (χ3v) is 5.01. The van der Waals surface area contributed by atoms with Gasteiger partial charge in [-0.25, -0.2) is 4.57 Å². The van der Waals surface area contributed by atoms with E-state index in [0.717, 1.165) is 30.2 Å². The van der Waals surface area contributed by atoms with E-state index in [-0.39, 0.29) is 0 Å². The maximum Gasteiger partial charge on any atom is 0.169 e. The molecule has 0 aromatic carbocycles. The van der Waals surface area contributed by atoms with Gasteiger partial charge in [0.2, 0.25) is 0 Å². The summed E-state index contributed by atoms with van der Waals surface area (Å²) in [6.45, 7) is 9.76. The molecule has 1 heterocycles. The Kier molecular flexibility index (Phi) is 9.16. The lowest BCUT2D eigenvalue weighted by Crippen LogP contribution is -2.33. The fraction of sp³-hybridized carbons (Fsp3) is 0.375. The summed E-state index contributed by atoms with van der Waals surface area (Å²) in [5.41, 5.74) is 2.45. The molecule has 0 radical (unpaired) electrons. The monoisotopic (exact) mass is 307 g/mol. The van der Waals surface area contributed by atoms with Crippen LogP contribution in [0.15, 0.2) is 53.8 Å². The minimum absolute atomic E-state index is 0.871. The Morgan fingerprint density at radius 3 is 2.70 bits per heavy atom. The summed E-state index contributed by atoms with van der Waals surface area (Å²) in [4.78, 5) is 4.34. The molecular formula is C16H23N2S2+. The molecule has 1 aromatic rings. The van der Waals surface area contributed by atoms with Gasteiger partial charge in [-0.3, -0.25) is 4.99 Å². The van der Waals surface area contributed by atoms with Crippen LogP contribution in [0, 0.1) is 6.92 Å². The van der Waals surface area contributed by atoms with Crippen LogP contribution in [-0.2, 0) is 6.54 Å². The highest BCUT2D eigenvalue weighted by atomic mass is 33.1. The maximum absolute atomic E-state index is 4.34. The summed E-state index contributed by atoms with van der Waals surface area (Å²) in [6.07, 6.45) is 9.96. The molecule has 0 spiro atoms. The van der Waals surface area contributed by atoms with E-state index in [0.29, 0.717) is 0 Å². The van der Waals surface area contributed by atoms with E-state index in [2.05, 4.69) is 47.6 Å². The summed E-state index contributed by atoms with van der Waals surface area (Å²) in [7, 11) is 3.80. The van der Waals surface area contributed by atoms with Gasteiger partial charge in [0.1, 0.15) is 0 Å². The van der Waals surface area contributed by atoms with Crippen LogP contribution >= 0.6 is 21.6 Å². The SMILES string of the molecule is C=C/C(C)=C\C=N\CCSSCC[n+]1ccc(C)cc1. The Labute approximate surface area is 130 Å². The normalized spacial score (nSPS) is 12.0. The first-order valence-electron chi connectivity index (χ1n) is 6.71. The van der Waals surface area contributed by atoms with Crippen molar-refractivity contribution in [3.05, 3.63) is 54.4 Å². The van der Waals surface area contributed by atoms with Crippen molar-refractivity contribution in [3.8, 4) is 0 Å². The molecule has 0 aliphatic carbocycles. The highest BCUT2D eigenvalue weighted by Crippen LogP contribution is 2.19. The highest BCUT2D eigenvalue weighted by molar-refractivity contribution is 8.76. The predicted octanol–water partition coefficient (Wildman–Crippen LogP) is 3.87. The van der Waals surface area contributed by atoms with E-state index in [1.54, 1.807) is 0 Å². The van der Waals surface area contributed by atoms with Crippen molar-refractivity contribution in [2.75, 3.05) is 18.1 Å². The molecule has 0 aliphatic rings. The van der Waals surface area contributed by atoms with E-state index in [4.69, 9.17) is 0 Å². The Hall–Kier alpha value is -1.00. The van der Waals surface area contributed by atoms with E-state index >= 15 is 0 Å². The summed E-state index contributed by atoms with van der Waals surface area (Å²) in [6, 6.07) is 4.29. The van der Waals surface area contributed by atoms with E-state index < -0.39 is 0 Å². The number of hydrogen-bond donors (Lipinski definition) is 0. The van der Waals surface area contributed by atoms with E-state index in [1.807, 2.05) is 46.9 Å². The molecule has 0 bridgehead atoms. The summed E-state index contributed by atoms with van der Waals surface area (Å²) < 4.78 is 2.22. The third kappa shape index (κ3) is 8.23. The number of hydrogen-bond acceptors (Lipinski definition) is 3. The minimum atomic E-state index is 0.871. The minimum Gasteiger partial charge on any atom is -0.292 e. The fourth-order valence-corrected chi connectivity index (χ4v) is 3.20. The van der Waals surface area contributed by atoms with Crippen molar-refractivity contribution >= 4 is 27.8 Å². The number of aromatic nitrogens is 1. The van der Waals surface area contributed by atoms with Gasteiger partial charge in [0, 0.05) is 30.6 Å². The number of nitrogens with zero attached hydrogens (tertiary/aromatic N) is 2. The summed E-state index contributed by atoms with van der Waals surface area (Å²) in [5.74, 6) is 2.18. The van der Waals surface area contributed by atoms with Crippen LogP contribution in [0.5, 0.6) is 0 Å². The van der Waals surface area contributed by atoms with Crippen LogP contribution in [0.3, 0.4) is 0 Å². The molecule has 0 amide bonds. The lowest BCUT2D eigenvalue weighted by atomic mass is 10.3. The van der Waals surface area contributed by atoms with Crippen LogP contribution in [0.1, 0.15) is 12.5 Å². The van der Waals surface area contributed by atoms with Crippen molar-refractivity contribution in [2.24, 2.45) is 4.99 Å². The second-order valence-electron chi connectivity index (χ2n) is 4.43. The van der Waals surface area contributed by atoms with Gasteiger partial charge in [-0.05, 0) is 25.5 Å². The van der Waals surface area contributed by atoms with Crippen LogP contribution in [-0.4, -0.2) is 24.3 Å². The molecule has 0 saturated heterocycles. The lowest BCUT2D eigenvalue weighted by Gasteiger charge is -1.98. The Morgan fingerprint density at radius 1 is 1.30 bits per heavy atom. The van der Waals surface area contributed by atoms with Crippen LogP contribution in [0.2, 0.25) is 0 Å². The smallest absolute Gasteiger partial charge is 0.169 e. The third-order valence-electron chi connectivity index (χ3n) is 2.64. The molecule has 2 nitrogen and oxygen atoms in total. The van der Waals surface area contributed by atoms with Gasteiger partial charge >= 0.3 is 0 Å². The fourth-order valence-electron chi connectivity index (χ4n) is 1.34. The Morgan fingerprint density at radius 2 is 2.00 bits per heavy atom. The average molecular weight is 308 g/mol. The van der Waals surface area contributed by atoms with Gasteiger partial charge < -0.3 is 0 Å². The molecule has 0 atom stereocenters. The summed E-state index contributed by atoms with van der Waals surface area (Å²) >= 11 is 0. The van der Waals surface area contributed by atoms with Crippen molar-refractivity contribution in [1.29, 1.82) is 0 Å². The molecule has 4 heteroatoms. The quantitative estimate of drug-likeness (QED) is 0.226. The number of aliphatic imine (C=N–C) groups is 1. The first kappa shape index (κ1) is 17.1. The molecule has 1 aromatic heterocycles. The first-order chi connectivity index (χ1) is 9.72. The molecule has 1 rings (SSSR count). The van der Waals surface area contributed by atoms with Gasteiger partial charge in [-0.2, -0.15) is 0 Å². The maximum atomic E-state index is 4.34. The summed E-state index contributed by atoms with van der Waals surface area (Å²) in [5, 5.41) is 0. The van der Waals surface area contributed by atoms with Crippen LogP contribution < -0.4 is 4.57 Å². The predicted molar refractivity (Wildman–Crippen MR) is 93.6 cm³/mol. The van der Waals surface area contributed by atoms with Crippen molar-refractivity contribution in [3.63, 3.8) is 0 Å². The van der Waals surface area contributed by atoms with Gasteiger partial charge in [-0.15, -0.1) is 0 Å². The largest absolute Gasteiger partial charge is 0.292 e. The van der Waals surface area contributed by atoms with Gasteiger partial charge in [0.15, 0.2) is 18.9 Å². The zero-order valence-corrected chi connectivity index (χ0v) is 13.9.